The van der Waals surface area contributed by atoms with Crippen LogP contribution in [0.15, 0.2) is 11.3 Å². The first-order chi connectivity index (χ1) is 14.6. The molecule has 1 fully saturated rings. The first-order valence-electron chi connectivity index (χ1n) is 9.25. The molecule has 2 aliphatic rings. The number of hydrogen-bond acceptors (Lipinski definition) is 9. The summed E-state index contributed by atoms with van der Waals surface area (Å²) >= 11 is 19.2. The van der Waals surface area contributed by atoms with Gasteiger partial charge in [0.25, 0.3) is 5.91 Å². The van der Waals surface area contributed by atoms with Crippen molar-refractivity contribution in [2.24, 2.45) is 0 Å². The summed E-state index contributed by atoms with van der Waals surface area (Å²) in [5.41, 5.74) is -1.16. The molecule has 0 bridgehead atoms. The molecular weight excluding hydrogens is 527 g/mol. The van der Waals surface area contributed by atoms with E-state index in [0.29, 0.717) is 5.57 Å². The van der Waals surface area contributed by atoms with Crippen molar-refractivity contribution in [3.05, 3.63) is 11.3 Å². The van der Waals surface area contributed by atoms with Crippen molar-refractivity contribution in [1.29, 1.82) is 0 Å². The van der Waals surface area contributed by atoms with Gasteiger partial charge in [-0.1, -0.05) is 34.8 Å². The van der Waals surface area contributed by atoms with E-state index < -0.39 is 56.8 Å². The highest BCUT2D eigenvalue weighted by Gasteiger charge is 2.55. The van der Waals surface area contributed by atoms with Crippen LogP contribution in [0.25, 0.3) is 0 Å². The van der Waals surface area contributed by atoms with Crippen LogP contribution in [-0.4, -0.2) is 73.7 Å². The third-order valence-electron chi connectivity index (χ3n) is 4.00. The number of alkyl halides is 3. The first-order valence-corrected chi connectivity index (χ1v) is 12.7. The standard InChI is InChI=1S/C18H23Cl3N2O7S2/c1-8(24)29-15(31-5)9-6-32-13-10(22-16(27)28-7-18(19,20)21)12(25)23(13)11(9)14(26)30-17(2,3)4/h10,13,15H,6-7H2,1-5H3,(H,22,27)/t10-,13-,15?/m1/s1. The predicted molar refractivity (Wildman–Crippen MR) is 124 cm³/mol. The molecule has 0 spiro atoms. The van der Waals surface area contributed by atoms with Crippen molar-refractivity contribution >= 4 is 82.3 Å². The first kappa shape index (κ1) is 27.2. The molecule has 3 atom stereocenters. The van der Waals surface area contributed by atoms with Crippen LogP contribution >= 0.6 is 58.3 Å². The smallest absolute Gasteiger partial charge is 0.408 e. The van der Waals surface area contributed by atoms with E-state index in [1.54, 1.807) is 27.0 Å². The lowest BCUT2D eigenvalue weighted by atomic mass is 10.0. The third-order valence-corrected chi connectivity index (χ3v) is 6.44. The van der Waals surface area contributed by atoms with Crippen LogP contribution in [0.5, 0.6) is 0 Å². The number of esters is 2. The molecule has 2 rings (SSSR count). The van der Waals surface area contributed by atoms with Crippen molar-refractivity contribution < 1.29 is 33.4 Å². The van der Waals surface area contributed by atoms with Crippen molar-refractivity contribution in [2.75, 3.05) is 18.6 Å². The van der Waals surface area contributed by atoms with Crippen molar-refractivity contribution in [2.45, 2.75) is 53.9 Å². The average molecular weight is 550 g/mol. The molecule has 1 saturated heterocycles. The Morgan fingerprint density at radius 2 is 1.91 bits per heavy atom. The van der Waals surface area contributed by atoms with Crippen molar-refractivity contribution in [3.63, 3.8) is 0 Å². The zero-order valence-corrected chi connectivity index (χ0v) is 21.8. The molecule has 0 aliphatic carbocycles. The fourth-order valence-corrected chi connectivity index (χ4v) is 5.22. The summed E-state index contributed by atoms with van der Waals surface area (Å²) in [5, 5.41) is 1.83. The lowest BCUT2D eigenvalue weighted by Crippen LogP contribution is -2.71. The van der Waals surface area contributed by atoms with Crippen molar-refractivity contribution in [1.82, 2.24) is 10.2 Å². The maximum absolute atomic E-state index is 13.0. The summed E-state index contributed by atoms with van der Waals surface area (Å²) < 4.78 is 13.8. The van der Waals surface area contributed by atoms with E-state index >= 15 is 0 Å². The Balaban J connectivity index is 2.28. The highest BCUT2D eigenvalue weighted by atomic mass is 35.6. The number of amides is 2. The van der Waals surface area contributed by atoms with E-state index in [-0.39, 0.29) is 11.4 Å². The SMILES string of the molecule is CSC(OC(C)=O)C1=C(C(=O)OC(C)(C)C)N2C(=O)[C@@H](NC(=O)OCC(Cl)(Cl)Cl)[C@H]2SC1. The summed E-state index contributed by atoms with van der Waals surface area (Å²) in [5.74, 6) is -1.54. The molecule has 0 aromatic heterocycles. The van der Waals surface area contributed by atoms with Gasteiger partial charge < -0.3 is 19.5 Å². The number of hydrogen-bond donors (Lipinski definition) is 1. The second kappa shape index (κ2) is 10.5. The van der Waals surface area contributed by atoms with E-state index in [2.05, 4.69) is 5.32 Å². The predicted octanol–water partition coefficient (Wildman–Crippen LogP) is 3.21. The van der Waals surface area contributed by atoms with Crippen molar-refractivity contribution in [3.8, 4) is 0 Å². The molecule has 1 unspecified atom stereocenters. The Morgan fingerprint density at radius 1 is 1.28 bits per heavy atom. The Kier molecular flexibility index (Phi) is 8.94. The topological polar surface area (TPSA) is 111 Å². The highest BCUT2D eigenvalue weighted by Crippen LogP contribution is 2.43. The Hall–Kier alpha value is -1.01. The van der Waals surface area contributed by atoms with Gasteiger partial charge in [0.05, 0.1) is 0 Å². The molecule has 14 heteroatoms. The number of carbonyl (C=O) groups excluding carboxylic acids is 4. The molecule has 0 aromatic rings. The average Bonchev–Trinajstić information content (AvgIpc) is 2.65. The summed E-state index contributed by atoms with van der Waals surface area (Å²) in [6.07, 6.45) is 0.776. The van der Waals surface area contributed by atoms with Gasteiger partial charge in [-0.15, -0.1) is 23.5 Å². The minimum absolute atomic E-state index is 0.00184. The summed E-state index contributed by atoms with van der Waals surface area (Å²) in [7, 11) is 0. The number of fused-ring (bicyclic) bond motifs is 1. The van der Waals surface area contributed by atoms with Gasteiger partial charge in [0.15, 0.2) is 5.44 Å². The molecule has 2 amide bonds. The second-order valence-corrected chi connectivity index (χ2v) is 12.3. The number of thioether (sulfide) groups is 2. The Morgan fingerprint density at radius 3 is 2.41 bits per heavy atom. The molecule has 2 heterocycles. The summed E-state index contributed by atoms with van der Waals surface area (Å²) in [4.78, 5) is 50.7. The quantitative estimate of drug-likeness (QED) is 0.175. The third kappa shape index (κ3) is 6.99. The summed E-state index contributed by atoms with van der Waals surface area (Å²) in [6.45, 7) is 5.84. The van der Waals surface area contributed by atoms with E-state index in [9.17, 15) is 19.2 Å². The van der Waals surface area contributed by atoms with Crippen LogP contribution in [0.3, 0.4) is 0 Å². The zero-order valence-electron chi connectivity index (χ0n) is 17.9. The largest absolute Gasteiger partial charge is 0.455 e. The number of nitrogens with one attached hydrogen (secondary N) is 1. The maximum atomic E-state index is 13.0. The van der Waals surface area contributed by atoms with Crippen LogP contribution in [0.4, 0.5) is 4.79 Å². The van der Waals surface area contributed by atoms with Gasteiger partial charge in [-0.05, 0) is 27.0 Å². The lowest BCUT2D eigenvalue weighted by molar-refractivity contribution is -0.158. The van der Waals surface area contributed by atoms with Crippen LogP contribution < -0.4 is 5.32 Å². The van der Waals surface area contributed by atoms with Gasteiger partial charge in [-0.25, -0.2) is 9.59 Å². The van der Waals surface area contributed by atoms with Crippen LogP contribution in [-0.2, 0) is 28.6 Å². The molecule has 32 heavy (non-hydrogen) atoms. The normalized spacial score (nSPS) is 21.9. The number of halogens is 3. The number of carbonyl (C=O) groups is 4. The van der Waals surface area contributed by atoms with Gasteiger partial charge in [-0.2, -0.15) is 0 Å². The van der Waals surface area contributed by atoms with Gasteiger partial charge in [0.1, 0.15) is 29.3 Å². The Labute approximate surface area is 209 Å². The fourth-order valence-electron chi connectivity index (χ4n) is 2.87. The summed E-state index contributed by atoms with van der Waals surface area (Å²) in [6, 6.07) is -0.955. The fraction of sp³-hybridized carbons (Fsp3) is 0.667. The highest BCUT2D eigenvalue weighted by molar-refractivity contribution is 8.01. The van der Waals surface area contributed by atoms with E-state index in [1.807, 2.05) is 0 Å². The van der Waals surface area contributed by atoms with Gasteiger partial charge in [0, 0.05) is 18.2 Å². The zero-order chi connectivity index (χ0) is 24.4. The molecule has 0 aromatic carbocycles. The molecule has 0 saturated carbocycles. The van der Waals surface area contributed by atoms with Crippen LogP contribution in [0, 0.1) is 0 Å². The number of alkyl carbamates (subject to hydrolysis) is 1. The number of β-lactam (4-membered cyclic amide) rings is 1. The molecular formula is C18H23Cl3N2O7S2. The molecule has 180 valence electrons. The molecule has 9 nitrogen and oxygen atoms in total. The van der Waals surface area contributed by atoms with E-state index in [4.69, 9.17) is 49.0 Å². The second-order valence-electron chi connectivity index (χ2n) is 7.78. The Bertz CT molecular complexity index is 826. The monoisotopic (exact) mass is 548 g/mol. The lowest BCUT2D eigenvalue weighted by Gasteiger charge is -2.50. The van der Waals surface area contributed by atoms with E-state index in [0.717, 1.165) is 0 Å². The minimum atomic E-state index is -1.79. The molecule has 0 radical (unpaired) electrons. The number of nitrogens with zero attached hydrogens (tertiary/aromatic N) is 1. The molecule has 1 N–H and O–H groups in total. The van der Waals surface area contributed by atoms with Gasteiger partial charge in [-0.3, -0.25) is 14.5 Å². The maximum Gasteiger partial charge on any atom is 0.408 e. The van der Waals surface area contributed by atoms with Gasteiger partial charge >= 0.3 is 18.0 Å². The van der Waals surface area contributed by atoms with Crippen LogP contribution in [0.2, 0.25) is 0 Å². The number of rotatable bonds is 6. The van der Waals surface area contributed by atoms with Crippen LogP contribution in [0.1, 0.15) is 27.7 Å². The number of ether oxygens (including phenoxy) is 3. The van der Waals surface area contributed by atoms with E-state index in [1.165, 1.54) is 35.3 Å². The van der Waals surface area contributed by atoms with Gasteiger partial charge in [0.2, 0.25) is 3.79 Å². The molecule has 2 aliphatic heterocycles. The minimum Gasteiger partial charge on any atom is -0.455 e.